The molecule has 0 spiro atoms. The molecular formula is C30H23N5O. The van der Waals surface area contributed by atoms with Crippen LogP contribution in [0.3, 0.4) is 0 Å². The number of fused-ring (bicyclic) bond motifs is 1. The van der Waals surface area contributed by atoms with Gasteiger partial charge in [-0.05, 0) is 28.5 Å². The van der Waals surface area contributed by atoms with E-state index in [9.17, 15) is 4.79 Å². The van der Waals surface area contributed by atoms with Gasteiger partial charge in [-0.2, -0.15) is 10.2 Å². The minimum absolute atomic E-state index is 0.235. The maximum atomic E-state index is 13.4. The number of amides is 1. The Morgan fingerprint density at radius 2 is 1.50 bits per heavy atom. The van der Waals surface area contributed by atoms with Crippen LogP contribution >= 0.6 is 0 Å². The molecule has 0 fully saturated rings. The molecule has 36 heavy (non-hydrogen) atoms. The van der Waals surface area contributed by atoms with E-state index in [2.05, 4.69) is 40.7 Å². The molecule has 6 aromatic rings. The highest BCUT2D eigenvalue weighted by Crippen LogP contribution is 2.25. The monoisotopic (exact) mass is 469 g/mol. The molecule has 0 atom stereocenters. The largest absolute Gasteiger partial charge is 0.319 e. The Morgan fingerprint density at radius 1 is 0.778 bits per heavy atom. The maximum absolute atomic E-state index is 13.4. The van der Waals surface area contributed by atoms with Crippen LogP contribution in [0.1, 0.15) is 15.9 Å². The van der Waals surface area contributed by atoms with E-state index in [1.807, 2.05) is 83.7 Å². The predicted octanol–water partition coefficient (Wildman–Crippen LogP) is 6.19. The molecule has 1 N–H and O–H groups in total. The van der Waals surface area contributed by atoms with Crippen LogP contribution in [0.25, 0.3) is 27.7 Å². The molecule has 174 valence electrons. The quantitative estimate of drug-likeness (QED) is 0.316. The second-order valence-electron chi connectivity index (χ2n) is 8.56. The van der Waals surface area contributed by atoms with Gasteiger partial charge in [-0.3, -0.25) is 9.48 Å². The van der Waals surface area contributed by atoms with E-state index in [0.29, 0.717) is 23.5 Å². The van der Waals surface area contributed by atoms with Crippen molar-refractivity contribution in [2.24, 2.45) is 0 Å². The highest BCUT2D eigenvalue weighted by Gasteiger charge is 2.19. The summed E-state index contributed by atoms with van der Waals surface area (Å²) in [4.78, 5) is 13.4. The normalized spacial score (nSPS) is 11.0. The summed E-state index contributed by atoms with van der Waals surface area (Å²) in [6.07, 6.45) is 5.30. The molecule has 4 aromatic carbocycles. The van der Waals surface area contributed by atoms with Crippen molar-refractivity contribution in [2.45, 2.75) is 6.54 Å². The smallest absolute Gasteiger partial charge is 0.259 e. The average molecular weight is 470 g/mol. The van der Waals surface area contributed by atoms with Gasteiger partial charge < -0.3 is 5.32 Å². The van der Waals surface area contributed by atoms with Crippen LogP contribution < -0.4 is 5.32 Å². The number of rotatable bonds is 6. The summed E-state index contributed by atoms with van der Waals surface area (Å²) in [6.45, 7) is 0.610. The first kappa shape index (κ1) is 21.6. The number of nitrogens with one attached hydrogen (secondary N) is 1. The summed E-state index contributed by atoms with van der Waals surface area (Å²) in [5, 5.41) is 14.6. The Labute approximate surface area is 208 Å². The van der Waals surface area contributed by atoms with Crippen molar-refractivity contribution in [1.82, 2.24) is 19.6 Å². The highest BCUT2D eigenvalue weighted by molar-refractivity contribution is 6.08. The van der Waals surface area contributed by atoms with Gasteiger partial charge in [0.1, 0.15) is 5.69 Å². The standard InChI is InChI=1S/C30H23N5O/c36-30(28-21-35(26-15-5-2-6-16-26)33-29(28)23-11-3-1-4-12-23)32-25-18-31-34(20-25)19-24-14-9-13-22-10-7-8-17-27(22)24/h1-18,20-21H,19H2,(H,32,36). The number of carbonyl (C=O) groups excluding carboxylic acids is 1. The van der Waals surface area contributed by atoms with Gasteiger partial charge in [-0.1, -0.05) is 91.0 Å². The van der Waals surface area contributed by atoms with Gasteiger partial charge in [0.05, 0.1) is 29.7 Å². The van der Waals surface area contributed by atoms with Crippen LogP contribution in [-0.4, -0.2) is 25.5 Å². The minimum Gasteiger partial charge on any atom is -0.319 e. The van der Waals surface area contributed by atoms with Crippen molar-refractivity contribution in [1.29, 1.82) is 0 Å². The summed E-state index contributed by atoms with van der Waals surface area (Å²) >= 11 is 0. The fourth-order valence-corrected chi connectivity index (χ4v) is 4.38. The zero-order chi connectivity index (χ0) is 24.3. The average Bonchev–Trinajstić information content (AvgIpc) is 3.57. The highest BCUT2D eigenvalue weighted by atomic mass is 16.1. The first-order valence-electron chi connectivity index (χ1n) is 11.8. The number of aromatic nitrogens is 4. The van der Waals surface area contributed by atoms with E-state index in [1.54, 1.807) is 17.1 Å². The summed E-state index contributed by atoms with van der Waals surface area (Å²) in [6, 6.07) is 34.1. The molecule has 0 aliphatic rings. The number of carbonyl (C=O) groups is 1. The van der Waals surface area contributed by atoms with Crippen LogP contribution in [0.2, 0.25) is 0 Å². The molecule has 0 unspecified atom stereocenters. The van der Waals surface area contributed by atoms with Crippen LogP contribution in [0, 0.1) is 0 Å². The second kappa shape index (κ2) is 9.35. The van der Waals surface area contributed by atoms with Crippen LogP contribution in [0.4, 0.5) is 5.69 Å². The topological polar surface area (TPSA) is 64.7 Å². The molecule has 2 aromatic heterocycles. The molecule has 0 saturated carbocycles. The van der Waals surface area contributed by atoms with E-state index in [4.69, 9.17) is 5.10 Å². The van der Waals surface area contributed by atoms with Crippen LogP contribution in [-0.2, 0) is 6.54 Å². The summed E-state index contributed by atoms with van der Waals surface area (Å²) in [5.41, 5.74) is 4.68. The Hall–Kier alpha value is -4.97. The third kappa shape index (κ3) is 4.28. The lowest BCUT2D eigenvalue weighted by atomic mass is 10.0. The molecule has 0 aliphatic heterocycles. The molecule has 0 bridgehead atoms. The number of anilines is 1. The zero-order valence-electron chi connectivity index (χ0n) is 19.5. The lowest BCUT2D eigenvalue weighted by Crippen LogP contribution is -2.12. The van der Waals surface area contributed by atoms with E-state index >= 15 is 0 Å². The molecule has 6 heteroatoms. The number of para-hydroxylation sites is 1. The van der Waals surface area contributed by atoms with E-state index in [1.165, 1.54) is 16.3 Å². The fraction of sp³-hybridized carbons (Fsp3) is 0.0333. The second-order valence-corrected chi connectivity index (χ2v) is 8.56. The Bertz CT molecular complexity index is 1650. The predicted molar refractivity (Wildman–Crippen MR) is 142 cm³/mol. The Kier molecular flexibility index (Phi) is 5.60. The minimum atomic E-state index is -0.235. The van der Waals surface area contributed by atoms with E-state index in [-0.39, 0.29) is 5.91 Å². The van der Waals surface area contributed by atoms with Gasteiger partial charge in [0.15, 0.2) is 0 Å². The molecule has 6 nitrogen and oxygen atoms in total. The van der Waals surface area contributed by atoms with Crippen LogP contribution in [0.5, 0.6) is 0 Å². The number of nitrogens with zero attached hydrogens (tertiary/aromatic N) is 4. The molecule has 0 radical (unpaired) electrons. The van der Waals surface area contributed by atoms with Gasteiger partial charge in [0, 0.05) is 18.0 Å². The van der Waals surface area contributed by atoms with Crippen LogP contribution in [0.15, 0.2) is 122 Å². The summed E-state index contributed by atoms with van der Waals surface area (Å²) < 4.78 is 3.57. The molecule has 0 aliphatic carbocycles. The van der Waals surface area contributed by atoms with E-state index in [0.717, 1.165) is 11.3 Å². The zero-order valence-corrected chi connectivity index (χ0v) is 19.5. The van der Waals surface area contributed by atoms with E-state index < -0.39 is 0 Å². The Morgan fingerprint density at radius 3 is 2.33 bits per heavy atom. The molecule has 1 amide bonds. The van der Waals surface area contributed by atoms with Gasteiger partial charge >= 0.3 is 0 Å². The van der Waals surface area contributed by atoms with Crippen molar-refractivity contribution in [2.75, 3.05) is 5.32 Å². The lowest BCUT2D eigenvalue weighted by molar-refractivity contribution is 0.102. The maximum Gasteiger partial charge on any atom is 0.259 e. The third-order valence-electron chi connectivity index (χ3n) is 6.13. The van der Waals surface area contributed by atoms with Gasteiger partial charge in [-0.15, -0.1) is 0 Å². The molecule has 0 saturated heterocycles. The molecule has 6 rings (SSSR count). The third-order valence-corrected chi connectivity index (χ3v) is 6.13. The van der Waals surface area contributed by atoms with Crippen molar-refractivity contribution >= 4 is 22.4 Å². The van der Waals surface area contributed by atoms with Crippen molar-refractivity contribution < 1.29 is 4.79 Å². The Balaban J connectivity index is 1.27. The van der Waals surface area contributed by atoms with Gasteiger partial charge in [0.2, 0.25) is 0 Å². The fourth-order valence-electron chi connectivity index (χ4n) is 4.38. The lowest BCUT2D eigenvalue weighted by Gasteiger charge is -2.07. The van der Waals surface area contributed by atoms with Crippen molar-refractivity contribution in [3.05, 3.63) is 133 Å². The van der Waals surface area contributed by atoms with Gasteiger partial charge in [0.25, 0.3) is 5.91 Å². The summed E-state index contributed by atoms with van der Waals surface area (Å²) in [7, 11) is 0. The molecular weight excluding hydrogens is 446 g/mol. The van der Waals surface area contributed by atoms with Crippen molar-refractivity contribution in [3.8, 4) is 16.9 Å². The number of hydrogen-bond acceptors (Lipinski definition) is 3. The van der Waals surface area contributed by atoms with Crippen molar-refractivity contribution in [3.63, 3.8) is 0 Å². The van der Waals surface area contributed by atoms with Gasteiger partial charge in [-0.25, -0.2) is 4.68 Å². The number of hydrogen-bond donors (Lipinski definition) is 1. The first-order valence-corrected chi connectivity index (χ1v) is 11.8. The number of benzene rings is 4. The SMILES string of the molecule is O=C(Nc1cnn(Cc2cccc3ccccc23)c1)c1cn(-c2ccccc2)nc1-c1ccccc1. The first-order chi connectivity index (χ1) is 17.7. The summed E-state index contributed by atoms with van der Waals surface area (Å²) in [5.74, 6) is -0.235. The molecule has 2 heterocycles.